The maximum Gasteiger partial charge on any atom is 0.243 e. The third-order valence-corrected chi connectivity index (χ3v) is 7.61. The number of aromatic nitrogens is 1. The van der Waals surface area contributed by atoms with Gasteiger partial charge in [-0.05, 0) is 50.5 Å². The quantitative estimate of drug-likeness (QED) is 0.825. The Morgan fingerprint density at radius 2 is 1.85 bits per heavy atom. The van der Waals surface area contributed by atoms with Gasteiger partial charge in [-0.1, -0.05) is 17.7 Å². The van der Waals surface area contributed by atoms with Crippen LogP contribution in [0.2, 0.25) is 0 Å². The molecule has 1 aromatic heterocycles. The smallest absolute Gasteiger partial charge is 0.243 e. The number of aryl methyl sites for hydroxylation is 2. The van der Waals surface area contributed by atoms with E-state index in [9.17, 15) is 8.42 Å². The van der Waals surface area contributed by atoms with Crippen molar-refractivity contribution in [3.05, 3.63) is 53.9 Å². The molecule has 4 rings (SSSR count). The lowest BCUT2D eigenvalue weighted by atomic mass is 10.0. The summed E-state index contributed by atoms with van der Waals surface area (Å²) in [6.07, 6.45) is 6.74. The molecule has 0 radical (unpaired) electrons. The summed E-state index contributed by atoms with van der Waals surface area (Å²) in [6.45, 7) is 3.86. The lowest BCUT2D eigenvalue weighted by Crippen LogP contribution is -2.49. The second-order valence-electron chi connectivity index (χ2n) is 7.39. The first-order valence-electron chi connectivity index (χ1n) is 9.12. The van der Waals surface area contributed by atoms with Crippen LogP contribution >= 0.6 is 0 Å². The molecule has 2 aromatic rings. The molecule has 0 amide bonds. The van der Waals surface area contributed by atoms with Crippen molar-refractivity contribution in [2.75, 3.05) is 0 Å². The summed E-state index contributed by atoms with van der Waals surface area (Å²) in [6, 6.07) is 9.34. The molecule has 1 aromatic carbocycles. The Balaban J connectivity index is 1.56. The Labute approximate surface area is 155 Å². The summed E-state index contributed by atoms with van der Waals surface area (Å²) in [4.78, 5) is 4.52. The zero-order valence-corrected chi connectivity index (χ0v) is 15.9. The first-order chi connectivity index (χ1) is 12.4. The Morgan fingerprint density at radius 1 is 1.12 bits per heavy atom. The van der Waals surface area contributed by atoms with Gasteiger partial charge in [-0.25, -0.2) is 8.42 Å². The fourth-order valence-corrected chi connectivity index (χ4v) is 6.49. The van der Waals surface area contributed by atoms with E-state index in [-0.39, 0.29) is 18.2 Å². The molecule has 2 fully saturated rings. The largest absolute Gasteiger partial charge is 0.489 e. The number of benzene rings is 1. The maximum absolute atomic E-state index is 13.3. The predicted octanol–water partition coefficient (Wildman–Crippen LogP) is 3.46. The molecule has 0 N–H and O–H groups in total. The van der Waals surface area contributed by atoms with Gasteiger partial charge in [0.05, 0.1) is 11.1 Å². The maximum atomic E-state index is 13.3. The molecule has 26 heavy (non-hydrogen) atoms. The van der Waals surface area contributed by atoms with Crippen molar-refractivity contribution < 1.29 is 13.2 Å². The highest BCUT2D eigenvalue weighted by Crippen LogP contribution is 2.41. The minimum absolute atomic E-state index is 0.0149. The van der Waals surface area contributed by atoms with E-state index in [1.165, 1.54) is 0 Å². The molecule has 0 spiro atoms. The Kier molecular flexibility index (Phi) is 4.49. The van der Waals surface area contributed by atoms with E-state index in [0.29, 0.717) is 4.90 Å². The first kappa shape index (κ1) is 17.5. The molecule has 2 aliphatic rings. The van der Waals surface area contributed by atoms with Crippen molar-refractivity contribution in [2.45, 2.75) is 62.6 Å². The second kappa shape index (κ2) is 6.67. The van der Waals surface area contributed by atoms with E-state index in [0.717, 1.165) is 42.6 Å². The monoisotopic (exact) mass is 372 g/mol. The average Bonchev–Trinajstić information content (AvgIpc) is 2.88. The predicted molar refractivity (Wildman–Crippen MR) is 99.6 cm³/mol. The summed E-state index contributed by atoms with van der Waals surface area (Å²) < 4.78 is 34.5. The van der Waals surface area contributed by atoms with Crippen LogP contribution in [0.5, 0.6) is 5.75 Å². The molecule has 2 aliphatic heterocycles. The number of hydrogen-bond donors (Lipinski definition) is 0. The van der Waals surface area contributed by atoms with Crippen LogP contribution in [0.25, 0.3) is 0 Å². The summed E-state index contributed by atoms with van der Waals surface area (Å²) in [5.41, 5.74) is 1.89. The first-order valence-corrected chi connectivity index (χ1v) is 10.6. The number of rotatable bonds is 4. The molecule has 2 saturated heterocycles. The molecule has 0 saturated carbocycles. The number of pyridine rings is 1. The van der Waals surface area contributed by atoms with Gasteiger partial charge in [0.25, 0.3) is 0 Å². The molecule has 2 atom stereocenters. The molecule has 5 nitrogen and oxygen atoms in total. The van der Waals surface area contributed by atoms with Gasteiger partial charge < -0.3 is 4.74 Å². The van der Waals surface area contributed by atoms with Crippen molar-refractivity contribution >= 4 is 10.0 Å². The van der Waals surface area contributed by atoms with Gasteiger partial charge in [-0.2, -0.15) is 4.31 Å². The van der Waals surface area contributed by atoms with Gasteiger partial charge in [0.1, 0.15) is 11.9 Å². The second-order valence-corrected chi connectivity index (χ2v) is 9.20. The van der Waals surface area contributed by atoms with Crippen molar-refractivity contribution in [1.82, 2.24) is 9.29 Å². The zero-order chi connectivity index (χ0) is 18.3. The van der Waals surface area contributed by atoms with Gasteiger partial charge in [0, 0.05) is 31.1 Å². The van der Waals surface area contributed by atoms with Gasteiger partial charge in [0.2, 0.25) is 10.0 Å². The highest BCUT2D eigenvalue weighted by molar-refractivity contribution is 7.89. The molecule has 2 bridgehead atoms. The number of piperidine rings is 1. The zero-order valence-electron chi connectivity index (χ0n) is 15.1. The van der Waals surface area contributed by atoms with Gasteiger partial charge in [0.15, 0.2) is 0 Å². The van der Waals surface area contributed by atoms with E-state index in [1.54, 1.807) is 22.8 Å². The van der Waals surface area contributed by atoms with Crippen molar-refractivity contribution in [3.63, 3.8) is 0 Å². The van der Waals surface area contributed by atoms with E-state index < -0.39 is 10.0 Å². The molecule has 0 aliphatic carbocycles. The molecular formula is C20H24N2O3S. The van der Waals surface area contributed by atoms with E-state index >= 15 is 0 Å². The number of hydrogen-bond acceptors (Lipinski definition) is 4. The molecule has 3 heterocycles. The summed E-state index contributed by atoms with van der Waals surface area (Å²) in [5, 5.41) is 0. The SMILES string of the molecule is Cc1ccc(S(=O)(=O)N2C3CCC2CC(Oc2cccnc2)C3)c(C)c1. The fourth-order valence-electron chi connectivity index (χ4n) is 4.38. The van der Waals surface area contributed by atoms with Crippen LogP contribution in [0.3, 0.4) is 0 Å². The molecule has 138 valence electrons. The minimum Gasteiger partial charge on any atom is -0.489 e. The van der Waals surface area contributed by atoms with Crippen LogP contribution in [0.4, 0.5) is 0 Å². The fraction of sp³-hybridized carbons (Fsp3) is 0.450. The van der Waals surface area contributed by atoms with Crippen LogP contribution in [0.1, 0.15) is 36.8 Å². The van der Waals surface area contributed by atoms with Crippen LogP contribution < -0.4 is 4.74 Å². The van der Waals surface area contributed by atoms with Gasteiger partial charge in [-0.15, -0.1) is 0 Å². The Hall–Kier alpha value is -1.92. The third-order valence-electron chi connectivity index (χ3n) is 5.45. The average molecular weight is 372 g/mol. The van der Waals surface area contributed by atoms with Crippen LogP contribution in [-0.4, -0.2) is 35.9 Å². The van der Waals surface area contributed by atoms with Gasteiger partial charge in [-0.3, -0.25) is 4.98 Å². The highest BCUT2D eigenvalue weighted by atomic mass is 32.2. The van der Waals surface area contributed by atoms with Gasteiger partial charge >= 0.3 is 0 Å². The number of ether oxygens (including phenoxy) is 1. The van der Waals surface area contributed by atoms with E-state index in [2.05, 4.69) is 4.98 Å². The third kappa shape index (κ3) is 3.12. The topological polar surface area (TPSA) is 59.5 Å². The minimum atomic E-state index is -3.48. The van der Waals surface area contributed by atoms with Crippen LogP contribution in [0, 0.1) is 13.8 Å². The molecule has 2 unspecified atom stereocenters. The highest BCUT2D eigenvalue weighted by Gasteiger charge is 2.48. The Morgan fingerprint density at radius 3 is 2.46 bits per heavy atom. The summed E-state index contributed by atoms with van der Waals surface area (Å²) in [5.74, 6) is 0.752. The normalized spacial score (nSPS) is 26.0. The molecule has 6 heteroatoms. The standard InChI is InChI=1S/C20H24N2O3S/c1-14-5-8-20(15(2)10-14)26(23,24)22-16-6-7-17(22)12-19(11-16)25-18-4-3-9-21-13-18/h3-5,8-10,13,16-17,19H,6-7,11-12H2,1-2H3. The number of nitrogens with zero attached hydrogens (tertiary/aromatic N) is 2. The van der Waals surface area contributed by atoms with E-state index in [1.807, 2.05) is 38.1 Å². The van der Waals surface area contributed by atoms with E-state index in [4.69, 9.17) is 4.74 Å². The lowest BCUT2D eigenvalue weighted by molar-refractivity contribution is 0.0953. The number of fused-ring (bicyclic) bond motifs is 2. The van der Waals surface area contributed by atoms with Crippen molar-refractivity contribution in [2.24, 2.45) is 0 Å². The van der Waals surface area contributed by atoms with Crippen LogP contribution in [-0.2, 0) is 10.0 Å². The lowest BCUT2D eigenvalue weighted by Gasteiger charge is -2.38. The molecular weight excluding hydrogens is 348 g/mol. The Bertz CT molecular complexity index is 885. The number of sulfonamides is 1. The van der Waals surface area contributed by atoms with Crippen LogP contribution in [0.15, 0.2) is 47.6 Å². The summed E-state index contributed by atoms with van der Waals surface area (Å²) in [7, 11) is -3.48. The van der Waals surface area contributed by atoms with Crippen molar-refractivity contribution in [3.8, 4) is 5.75 Å². The van der Waals surface area contributed by atoms with Crippen molar-refractivity contribution in [1.29, 1.82) is 0 Å². The summed E-state index contributed by atoms with van der Waals surface area (Å²) >= 11 is 0.